The molecule has 1 atom stereocenters. The molecule has 16 heavy (non-hydrogen) atoms. The van der Waals surface area contributed by atoms with Crippen molar-refractivity contribution in [3.8, 4) is 0 Å². The van der Waals surface area contributed by atoms with Crippen LogP contribution in [-0.4, -0.2) is 29.2 Å². The minimum atomic E-state index is 0.242. The van der Waals surface area contributed by atoms with Crippen LogP contribution in [0.4, 0.5) is 0 Å². The highest BCUT2D eigenvalue weighted by molar-refractivity contribution is 9.10. The third kappa shape index (κ3) is 2.77. The second-order valence-electron chi connectivity index (χ2n) is 4.18. The van der Waals surface area contributed by atoms with Gasteiger partial charge in [-0.25, -0.2) is 0 Å². The molecule has 0 bridgehead atoms. The Labute approximate surface area is 109 Å². The Morgan fingerprint density at radius 1 is 1.50 bits per heavy atom. The molecule has 0 aromatic heterocycles. The Bertz CT molecular complexity index is 372. The van der Waals surface area contributed by atoms with Crippen molar-refractivity contribution in [1.29, 1.82) is 0 Å². The molecule has 1 heterocycles. The minimum Gasteiger partial charge on any atom is -0.395 e. The van der Waals surface area contributed by atoms with Crippen molar-refractivity contribution in [3.63, 3.8) is 0 Å². The zero-order valence-corrected chi connectivity index (χ0v) is 11.3. The maximum absolute atomic E-state index is 9.25. The highest BCUT2D eigenvalue weighted by Gasteiger charge is 2.24. The molecule has 4 heteroatoms. The Hall–Kier alpha value is -0.0900. The van der Waals surface area contributed by atoms with E-state index >= 15 is 0 Å². The minimum absolute atomic E-state index is 0.242. The molecule has 0 saturated carbocycles. The van der Waals surface area contributed by atoms with E-state index in [0.717, 1.165) is 41.0 Å². The quantitative estimate of drug-likeness (QED) is 0.928. The molecular weight excluding hydrogens is 289 g/mol. The standard InChI is InChI=1S/C12H15BrClNO/c13-10-3-4-12(14)9(6-10)7-15-5-1-2-11(15)8-16/h3-4,6,11,16H,1-2,5,7-8H2. The summed E-state index contributed by atoms with van der Waals surface area (Å²) in [5.74, 6) is 0. The lowest BCUT2D eigenvalue weighted by Gasteiger charge is -2.23. The second kappa shape index (κ2) is 5.50. The molecule has 1 fully saturated rings. The molecule has 0 amide bonds. The lowest BCUT2D eigenvalue weighted by Crippen LogP contribution is -2.31. The van der Waals surface area contributed by atoms with Gasteiger partial charge in [-0.05, 0) is 43.1 Å². The van der Waals surface area contributed by atoms with Crippen LogP contribution in [0.3, 0.4) is 0 Å². The molecular formula is C12H15BrClNO. The van der Waals surface area contributed by atoms with Crippen LogP contribution in [0.1, 0.15) is 18.4 Å². The lowest BCUT2D eigenvalue weighted by atomic mass is 10.2. The number of hydrogen-bond acceptors (Lipinski definition) is 2. The average Bonchev–Trinajstić information content (AvgIpc) is 2.71. The van der Waals surface area contributed by atoms with Crippen LogP contribution in [-0.2, 0) is 6.54 Å². The van der Waals surface area contributed by atoms with Crippen molar-refractivity contribution in [2.45, 2.75) is 25.4 Å². The van der Waals surface area contributed by atoms with E-state index in [0.29, 0.717) is 6.04 Å². The molecule has 1 N–H and O–H groups in total. The monoisotopic (exact) mass is 303 g/mol. The van der Waals surface area contributed by atoms with Crippen LogP contribution in [0.5, 0.6) is 0 Å². The number of aliphatic hydroxyl groups is 1. The molecule has 1 aromatic carbocycles. The van der Waals surface area contributed by atoms with Gasteiger partial charge >= 0.3 is 0 Å². The molecule has 1 aliphatic rings. The predicted octanol–water partition coefficient (Wildman–Crippen LogP) is 3.06. The summed E-state index contributed by atoms with van der Waals surface area (Å²) in [6.07, 6.45) is 2.25. The first-order chi connectivity index (χ1) is 7.70. The summed E-state index contributed by atoms with van der Waals surface area (Å²) in [6, 6.07) is 6.20. The highest BCUT2D eigenvalue weighted by Crippen LogP contribution is 2.25. The van der Waals surface area contributed by atoms with Gasteiger partial charge in [-0.15, -0.1) is 0 Å². The van der Waals surface area contributed by atoms with Crippen molar-refractivity contribution >= 4 is 27.5 Å². The Balaban J connectivity index is 2.11. The zero-order chi connectivity index (χ0) is 11.5. The number of benzene rings is 1. The number of rotatable bonds is 3. The van der Waals surface area contributed by atoms with Crippen molar-refractivity contribution in [2.75, 3.05) is 13.2 Å². The van der Waals surface area contributed by atoms with Gasteiger partial charge in [0.2, 0.25) is 0 Å². The fourth-order valence-corrected chi connectivity index (χ4v) is 2.78. The van der Waals surface area contributed by atoms with Crippen LogP contribution in [0.15, 0.2) is 22.7 Å². The van der Waals surface area contributed by atoms with E-state index in [-0.39, 0.29) is 6.61 Å². The molecule has 1 aromatic rings. The fourth-order valence-electron chi connectivity index (χ4n) is 2.19. The molecule has 2 rings (SSSR count). The number of nitrogens with zero attached hydrogens (tertiary/aromatic N) is 1. The van der Waals surface area contributed by atoms with Gasteiger partial charge in [0.05, 0.1) is 6.61 Å². The molecule has 88 valence electrons. The van der Waals surface area contributed by atoms with Gasteiger partial charge in [-0.2, -0.15) is 0 Å². The van der Waals surface area contributed by atoms with Gasteiger partial charge in [0.1, 0.15) is 0 Å². The van der Waals surface area contributed by atoms with E-state index in [9.17, 15) is 5.11 Å². The van der Waals surface area contributed by atoms with E-state index in [2.05, 4.69) is 26.9 Å². The van der Waals surface area contributed by atoms with Gasteiger partial charge in [0.15, 0.2) is 0 Å². The number of hydrogen-bond donors (Lipinski definition) is 1. The van der Waals surface area contributed by atoms with Gasteiger partial charge in [0, 0.05) is 22.1 Å². The molecule has 0 radical (unpaired) electrons. The maximum Gasteiger partial charge on any atom is 0.0587 e. The Morgan fingerprint density at radius 2 is 2.31 bits per heavy atom. The zero-order valence-electron chi connectivity index (χ0n) is 9.00. The first-order valence-corrected chi connectivity index (χ1v) is 6.66. The predicted molar refractivity (Wildman–Crippen MR) is 69.7 cm³/mol. The van der Waals surface area contributed by atoms with Crippen LogP contribution in [0.2, 0.25) is 5.02 Å². The molecule has 2 nitrogen and oxygen atoms in total. The normalized spacial score (nSPS) is 21.6. The van der Waals surface area contributed by atoms with E-state index in [1.165, 1.54) is 0 Å². The summed E-state index contributed by atoms with van der Waals surface area (Å²) in [6.45, 7) is 2.11. The number of likely N-dealkylation sites (tertiary alicyclic amines) is 1. The van der Waals surface area contributed by atoms with Crippen molar-refractivity contribution in [2.24, 2.45) is 0 Å². The van der Waals surface area contributed by atoms with Crippen LogP contribution >= 0.6 is 27.5 Å². The van der Waals surface area contributed by atoms with E-state index in [1.54, 1.807) is 0 Å². The Morgan fingerprint density at radius 3 is 3.06 bits per heavy atom. The highest BCUT2D eigenvalue weighted by atomic mass is 79.9. The third-order valence-corrected chi connectivity index (χ3v) is 3.95. The lowest BCUT2D eigenvalue weighted by molar-refractivity contribution is 0.153. The van der Waals surface area contributed by atoms with Gasteiger partial charge in [-0.3, -0.25) is 4.90 Å². The van der Waals surface area contributed by atoms with Crippen molar-refractivity contribution in [1.82, 2.24) is 4.90 Å². The summed E-state index contributed by atoms with van der Waals surface area (Å²) in [5.41, 5.74) is 1.12. The number of halogens is 2. The first-order valence-electron chi connectivity index (χ1n) is 5.49. The van der Waals surface area contributed by atoms with E-state index < -0.39 is 0 Å². The summed E-state index contributed by atoms with van der Waals surface area (Å²) in [7, 11) is 0. The smallest absolute Gasteiger partial charge is 0.0587 e. The molecule has 1 saturated heterocycles. The van der Waals surface area contributed by atoms with Crippen LogP contribution in [0, 0.1) is 0 Å². The molecule has 1 aliphatic heterocycles. The summed E-state index contributed by atoms with van der Waals surface area (Å²) in [4.78, 5) is 2.30. The van der Waals surface area contributed by atoms with Crippen molar-refractivity contribution < 1.29 is 5.11 Å². The SMILES string of the molecule is OCC1CCCN1Cc1cc(Br)ccc1Cl. The van der Waals surface area contributed by atoms with Crippen LogP contribution in [0.25, 0.3) is 0 Å². The first kappa shape index (κ1) is 12.4. The largest absolute Gasteiger partial charge is 0.395 e. The number of aliphatic hydroxyl groups excluding tert-OH is 1. The van der Waals surface area contributed by atoms with E-state index in [1.807, 2.05) is 12.1 Å². The topological polar surface area (TPSA) is 23.5 Å². The van der Waals surface area contributed by atoms with Crippen LogP contribution < -0.4 is 0 Å². The summed E-state index contributed by atoms with van der Waals surface area (Å²) < 4.78 is 1.05. The molecule has 0 aliphatic carbocycles. The van der Waals surface area contributed by atoms with E-state index in [4.69, 9.17) is 11.6 Å². The second-order valence-corrected chi connectivity index (χ2v) is 5.51. The maximum atomic E-state index is 9.25. The van der Waals surface area contributed by atoms with Crippen molar-refractivity contribution in [3.05, 3.63) is 33.3 Å². The Kier molecular flexibility index (Phi) is 4.25. The van der Waals surface area contributed by atoms with Gasteiger partial charge in [0.25, 0.3) is 0 Å². The fraction of sp³-hybridized carbons (Fsp3) is 0.500. The average molecular weight is 305 g/mol. The molecule has 0 spiro atoms. The van der Waals surface area contributed by atoms with Gasteiger partial charge < -0.3 is 5.11 Å². The third-order valence-electron chi connectivity index (χ3n) is 3.09. The summed E-state index contributed by atoms with van der Waals surface area (Å²) in [5, 5.41) is 10.1. The van der Waals surface area contributed by atoms with Gasteiger partial charge in [-0.1, -0.05) is 27.5 Å². The molecule has 1 unspecified atom stereocenters. The summed E-state index contributed by atoms with van der Waals surface area (Å²) >= 11 is 9.61.